The van der Waals surface area contributed by atoms with Crippen LogP contribution in [-0.4, -0.2) is 30.1 Å². The smallest absolute Gasteiger partial charge is 0.134 e. The first kappa shape index (κ1) is 14.4. The fraction of sp³-hybridized carbons (Fsp3) is 0.333. The second kappa shape index (κ2) is 5.70. The number of nitrogens with zero attached hydrogens (tertiary/aromatic N) is 1. The topological polar surface area (TPSA) is 23.5 Å². The van der Waals surface area contributed by atoms with Crippen molar-refractivity contribution in [2.45, 2.75) is 24.8 Å². The van der Waals surface area contributed by atoms with Crippen LogP contribution in [-0.2, 0) is 6.42 Å². The predicted octanol–water partition coefficient (Wildman–Crippen LogP) is 4.05. The van der Waals surface area contributed by atoms with Crippen LogP contribution >= 0.6 is 11.6 Å². The van der Waals surface area contributed by atoms with Gasteiger partial charge in [-0.3, -0.25) is 0 Å². The van der Waals surface area contributed by atoms with E-state index in [-0.39, 0.29) is 5.75 Å². The zero-order valence-electron chi connectivity index (χ0n) is 12.4. The van der Waals surface area contributed by atoms with E-state index in [2.05, 4.69) is 43.3 Å². The van der Waals surface area contributed by atoms with Gasteiger partial charge in [-0.05, 0) is 55.8 Å². The van der Waals surface area contributed by atoms with E-state index in [1.165, 1.54) is 16.7 Å². The summed E-state index contributed by atoms with van der Waals surface area (Å²) in [6, 6.07) is 14.8. The molecule has 0 aromatic heterocycles. The molecular formula is C18H20ClNO. The monoisotopic (exact) mass is 301 g/mol. The number of hydrogen-bond donors (Lipinski definition) is 1. The highest BCUT2D eigenvalue weighted by Crippen LogP contribution is 2.41. The van der Waals surface area contributed by atoms with E-state index < -0.39 is 0 Å². The third kappa shape index (κ3) is 2.78. The van der Waals surface area contributed by atoms with Crippen molar-refractivity contribution in [1.29, 1.82) is 0 Å². The van der Waals surface area contributed by atoms with Gasteiger partial charge in [-0.25, -0.2) is 0 Å². The minimum absolute atomic E-state index is 0.180. The second-order valence-corrected chi connectivity index (χ2v) is 6.43. The van der Waals surface area contributed by atoms with Crippen molar-refractivity contribution in [2.75, 3.05) is 14.1 Å². The molecule has 0 unspecified atom stereocenters. The molecule has 3 heteroatoms. The van der Waals surface area contributed by atoms with Gasteiger partial charge in [0.15, 0.2) is 0 Å². The van der Waals surface area contributed by atoms with Crippen LogP contribution in [0.25, 0.3) is 0 Å². The number of phenolic OH excluding ortho intramolecular Hbond substituents is 1. The zero-order chi connectivity index (χ0) is 15.0. The summed E-state index contributed by atoms with van der Waals surface area (Å²) in [5.41, 5.74) is 3.75. The van der Waals surface area contributed by atoms with E-state index in [1.807, 2.05) is 18.2 Å². The largest absolute Gasteiger partial charge is 0.506 e. The van der Waals surface area contributed by atoms with E-state index in [0.29, 0.717) is 17.0 Å². The third-order valence-corrected chi connectivity index (χ3v) is 4.78. The molecule has 0 fully saturated rings. The Morgan fingerprint density at radius 3 is 2.52 bits per heavy atom. The van der Waals surface area contributed by atoms with Gasteiger partial charge in [-0.15, -0.1) is 0 Å². The molecule has 0 spiro atoms. The Labute approximate surface area is 131 Å². The standard InChI is InChI=1S/C18H20ClNO/c1-20(2)14-8-13-9-17(19)18(21)11-16(13)15(10-14)12-6-4-3-5-7-12/h3-7,9,11,14-15,21H,8,10H2,1-2H3/t14-,15-/m1/s1. The van der Waals surface area contributed by atoms with E-state index in [9.17, 15) is 5.11 Å². The molecule has 0 radical (unpaired) electrons. The van der Waals surface area contributed by atoms with Gasteiger partial charge in [0, 0.05) is 12.0 Å². The summed E-state index contributed by atoms with van der Waals surface area (Å²) >= 11 is 6.10. The lowest BCUT2D eigenvalue weighted by Gasteiger charge is -2.35. The van der Waals surface area contributed by atoms with Gasteiger partial charge < -0.3 is 10.0 Å². The number of hydrogen-bond acceptors (Lipinski definition) is 2. The van der Waals surface area contributed by atoms with Crippen LogP contribution in [0.2, 0.25) is 5.02 Å². The number of phenols is 1. The summed E-state index contributed by atoms with van der Waals surface area (Å²) in [7, 11) is 4.25. The van der Waals surface area contributed by atoms with Crippen LogP contribution in [0.5, 0.6) is 5.75 Å². The lowest BCUT2D eigenvalue weighted by atomic mass is 9.76. The number of rotatable bonds is 2. The van der Waals surface area contributed by atoms with Gasteiger partial charge >= 0.3 is 0 Å². The first-order valence-corrected chi connectivity index (χ1v) is 7.66. The molecule has 2 aromatic rings. The van der Waals surface area contributed by atoms with E-state index in [1.54, 1.807) is 0 Å². The van der Waals surface area contributed by atoms with Gasteiger partial charge in [-0.2, -0.15) is 0 Å². The summed E-state index contributed by atoms with van der Waals surface area (Å²) in [4.78, 5) is 2.28. The summed E-state index contributed by atoms with van der Waals surface area (Å²) in [6.07, 6.45) is 2.04. The van der Waals surface area contributed by atoms with Crippen molar-refractivity contribution in [3.63, 3.8) is 0 Å². The first-order chi connectivity index (χ1) is 10.1. The maximum absolute atomic E-state index is 9.97. The highest BCUT2D eigenvalue weighted by molar-refractivity contribution is 6.32. The van der Waals surface area contributed by atoms with Crippen molar-refractivity contribution in [1.82, 2.24) is 4.90 Å². The lowest BCUT2D eigenvalue weighted by molar-refractivity contribution is 0.258. The van der Waals surface area contributed by atoms with Crippen LogP contribution < -0.4 is 0 Å². The number of aromatic hydroxyl groups is 1. The molecule has 1 aliphatic carbocycles. The van der Waals surface area contributed by atoms with Crippen molar-refractivity contribution in [2.24, 2.45) is 0 Å². The average Bonchev–Trinajstić information content (AvgIpc) is 2.48. The van der Waals surface area contributed by atoms with Crippen LogP contribution in [0, 0.1) is 0 Å². The molecule has 3 rings (SSSR count). The number of benzene rings is 2. The fourth-order valence-electron chi connectivity index (χ4n) is 3.25. The van der Waals surface area contributed by atoms with E-state index in [4.69, 9.17) is 11.6 Å². The van der Waals surface area contributed by atoms with Crippen LogP contribution in [0.4, 0.5) is 0 Å². The predicted molar refractivity (Wildman–Crippen MR) is 87.2 cm³/mol. The number of likely N-dealkylation sites (N-methyl/N-ethyl adjacent to an activating group) is 1. The van der Waals surface area contributed by atoms with Gasteiger partial charge in [0.2, 0.25) is 0 Å². The molecule has 0 amide bonds. The van der Waals surface area contributed by atoms with Crippen molar-refractivity contribution >= 4 is 11.6 Å². The lowest BCUT2D eigenvalue weighted by Crippen LogP contribution is -2.35. The van der Waals surface area contributed by atoms with Gasteiger partial charge in [0.25, 0.3) is 0 Å². The minimum Gasteiger partial charge on any atom is -0.506 e. The molecule has 2 atom stereocenters. The fourth-order valence-corrected chi connectivity index (χ4v) is 3.44. The van der Waals surface area contributed by atoms with Crippen molar-refractivity contribution in [3.8, 4) is 5.75 Å². The van der Waals surface area contributed by atoms with E-state index in [0.717, 1.165) is 12.8 Å². The Balaban J connectivity index is 2.10. The van der Waals surface area contributed by atoms with Gasteiger partial charge in [0.1, 0.15) is 5.75 Å². The van der Waals surface area contributed by atoms with Crippen LogP contribution in [0.15, 0.2) is 42.5 Å². The molecule has 1 aliphatic rings. The molecule has 2 aromatic carbocycles. The highest BCUT2D eigenvalue weighted by Gasteiger charge is 2.30. The molecule has 2 nitrogen and oxygen atoms in total. The SMILES string of the molecule is CN(C)[C@@H]1Cc2cc(Cl)c(O)cc2[C@@H](c2ccccc2)C1. The summed E-state index contributed by atoms with van der Waals surface area (Å²) < 4.78 is 0. The maximum Gasteiger partial charge on any atom is 0.134 e. The molecule has 0 saturated carbocycles. The molecule has 0 bridgehead atoms. The molecule has 0 saturated heterocycles. The van der Waals surface area contributed by atoms with Gasteiger partial charge in [-0.1, -0.05) is 41.9 Å². The summed E-state index contributed by atoms with van der Waals surface area (Å²) in [5, 5.41) is 10.4. The Kier molecular flexibility index (Phi) is 3.92. The summed E-state index contributed by atoms with van der Waals surface area (Å²) in [5.74, 6) is 0.491. The first-order valence-electron chi connectivity index (χ1n) is 7.29. The molecule has 1 N–H and O–H groups in total. The van der Waals surface area contributed by atoms with Crippen LogP contribution in [0.3, 0.4) is 0 Å². The molecular weight excluding hydrogens is 282 g/mol. The minimum atomic E-state index is 0.180. The maximum atomic E-state index is 9.97. The zero-order valence-corrected chi connectivity index (χ0v) is 13.1. The molecule has 0 aliphatic heterocycles. The normalized spacial score (nSPS) is 21.3. The third-order valence-electron chi connectivity index (χ3n) is 4.48. The number of halogens is 1. The van der Waals surface area contributed by atoms with E-state index >= 15 is 0 Å². The average molecular weight is 302 g/mol. The van der Waals surface area contributed by atoms with Crippen LogP contribution in [0.1, 0.15) is 29.0 Å². The van der Waals surface area contributed by atoms with Crippen molar-refractivity contribution < 1.29 is 5.11 Å². The Bertz CT molecular complexity index is 639. The quantitative estimate of drug-likeness (QED) is 0.904. The molecule has 110 valence electrons. The highest BCUT2D eigenvalue weighted by atomic mass is 35.5. The number of fused-ring (bicyclic) bond motifs is 1. The Hall–Kier alpha value is -1.51. The Morgan fingerprint density at radius 2 is 1.86 bits per heavy atom. The molecule has 21 heavy (non-hydrogen) atoms. The van der Waals surface area contributed by atoms with Crippen molar-refractivity contribution in [3.05, 3.63) is 64.2 Å². The Morgan fingerprint density at radius 1 is 1.14 bits per heavy atom. The van der Waals surface area contributed by atoms with Gasteiger partial charge in [0.05, 0.1) is 5.02 Å². The second-order valence-electron chi connectivity index (χ2n) is 6.02. The molecule has 0 heterocycles. The summed E-state index contributed by atoms with van der Waals surface area (Å²) in [6.45, 7) is 0.